The molecule has 0 radical (unpaired) electrons. The van der Waals surface area contributed by atoms with Gasteiger partial charge in [0.2, 0.25) is 5.91 Å². The number of hydrogen-bond donors (Lipinski definition) is 0. The molecule has 4 rings (SSSR count). The Morgan fingerprint density at radius 1 is 1.00 bits per heavy atom. The number of amides is 2. The van der Waals surface area contributed by atoms with E-state index in [9.17, 15) is 14.0 Å². The third-order valence-corrected chi connectivity index (χ3v) is 6.11. The van der Waals surface area contributed by atoms with Gasteiger partial charge in [0.1, 0.15) is 11.6 Å². The van der Waals surface area contributed by atoms with Crippen LogP contribution >= 0.6 is 0 Å². The van der Waals surface area contributed by atoms with Crippen molar-refractivity contribution < 1.29 is 18.7 Å². The van der Waals surface area contributed by atoms with Crippen LogP contribution in [-0.2, 0) is 11.2 Å². The summed E-state index contributed by atoms with van der Waals surface area (Å²) in [6.07, 6.45) is 0.477. The summed E-state index contributed by atoms with van der Waals surface area (Å²) in [5.74, 6) is -0.367. The third-order valence-electron chi connectivity index (χ3n) is 6.11. The van der Waals surface area contributed by atoms with Crippen molar-refractivity contribution in [2.45, 2.75) is 6.42 Å². The second-order valence-electron chi connectivity index (χ2n) is 8.28. The maximum Gasteiger partial charge on any atom is 0.254 e. The van der Waals surface area contributed by atoms with Gasteiger partial charge in [-0.1, -0.05) is 48.5 Å². The molecule has 6 heteroatoms. The summed E-state index contributed by atoms with van der Waals surface area (Å²) in [6.45, 7) is 1.12. The number of rotatable bonds is 5. The van der Waals surface area contributed by atoms with Gasteiger partial charge in [0.25, 0.3) is 5.91 Å². The molecular formula is C27H27FN2O3. The van der Waals surface area contributed by atoms with Crippen LogP contribution in [0.3, 0.4) is 0 Å². The van der Waals surface area contributed by atoms with Crippen molar-refractivity contribution in [1.82, 2.24) is 9.80 Å². The van der Waals surface area contributed by atoms with Crippen LogP contribution in [0.4, 0.5) is 4.39 Å². The van der Waals surface area contributed by atoms with Gasteiger partial charge >= 0.3 is 0 Å². The van der Waals surface area contributed by atoms with Crippen LogP contribution in [0.25, 0.3) is 11.1 Å². The summed E-state index contributed by atoms with van der Waals surface area (Å²) in [5.41, 5.74) is 3.25. The molecule has 1 unspecified atom stereocenters. The van der Waals surface area contributed by atoms with Crippen molar-refractivity contribution in [2.75, 3.05) is 33.8 Å². The van der Waals surface area contributed by atoms with E-state index in [1.165, 1.54) is 18.2 Å². The minimum Gasteiger partial charge on any atom is -0.496 e. The number of nitrogens with zero attached hydrogens (tertiary/aromatic N) is 2. The largest absolute Gasteiger partial charge is 0.496 e. The quantitative estimate of drug-likeness (QED) is 0.588. The zero-order valence-corrected chi connectivity index (χ0v) is 18.8. The first kappa shape index (κ1) is 22.5. The van der Waals surface area contributed by atoms with Crippen molar-refractivity contribution in [3.05, 3.63) is 89.7 Å². The van der Waals surface area contributed by atoms with Crippen LogP contribution in [0.2, 0.25) is 0 Å². The Kier molecular flexibility index (Phi) is 6.73. The number of carbonyl (C=O) groups is 2. The van der Waals surface area contributed by atoms with E-state index in [0.717, 1.165) is 22.4 Å². The van der Waals surface area contributed by atoms with E-state index < -0.39 is 11.7 Å². The van der Waals surface area contributed by atoms with Crippen LogP contribution in [0, 0.1) is 11.7 Å². The lowest BCUT2D eigenvalue weighted by Crippen LogP contribution is -2.37. The summed E-state index contributed by atoms with van der Waals surface area (Å²) in [6, 6.07) is 21.4. The van der Waals surface area contributed by atoms with Crippen LogP contribution < -0.4 is 4.74 Å². The smallest absolute Gasteiger partial charge is 0.254 e. The zero-order valence-electron chi connectivity index (χ0n) is 18.8. The number of hydrogen-bond acceptors (Lipinski definition) is 3. The topological polar surface area (TPSA) is 49.9 Å². The Hall–Kier alpha value is -3.67. The Morgan fingerprint density at radius 2 is 1.73 bits per heavy atom. The van der Waals surface area contributed by atoms with Gasteiger partial charge in [0.05, 0.1) is 13.0 Å². The molecule has 33 heavy (non-hydrogen) atoms. The van der Waals surface area contributed by atoms with E-state index >= 15 is 0 Å². The Balaban J connectivity index is 1.64. The lowest BCUT2D eigenvalue weighted by molar-refractivity contribution is -0.133. The summed E-state index contributed by atoms with van der Waals surface area (Å²) in [4.78, 5) is 29.6. The van der Waals surface area contributed by atoms with Gasteiger partial charge in [-0.15, -0.1) is 0 Å². The molecule has 1 aliphatic rings. The van der Waals surface area contributed by atoms with Crippen LogP contribution in [0.1, 0.15) is 15.9 Å². The molecule has 0 spiro atoms. The van der Waals surface area contributed by atoms with Gasteiger partial charge in [-0.25, -0.2) is 4.39 Å². The number of ether oxygens (including phenoxy) is 1. The molecule has 3 aromatic rings. The average molecular weight is 447 g/mol. The fourth-order valence-electron chi connectivity index (χ4n) is 4.36. The standard InChI is InChI=1S/C27H27FN2O3/c1-29-14-15-30(27(32)20-9-7-10-22(28)17-20)18-21(26(29)31)16-19-8-3-4-11-23(19)24-12-5-6-13-25(24)33-2/h3-13,17,21H,14-16,18H2,1-2H3. The molecule has 1 aliphatic heterocycles. The predicted octanol–water partition coefficient (Wildman–Crippen LogP) is 4.27. The third kappa shape index (κ3) is 4.90. The average Bonchev–Trinajstić information content (AvgIpc) is 2.98. The molecule has 0 aromatic heterocycles. The minimum absolute atomic E-state index is 0.000582. The number of halogens is 1. The molecule has 5 nitrogen and oxygen atoms in total. The van der Waals surface area contributed by atoms with Gasteiger partial charge in [0.15, 0.2) is 0 Å². The van der Waals surface area contributed by atoms with Crippen molar-refractivity contribution in [3.63, 3.8) is 0 Å². The molecule has 1 fully saturated rings. The maximum atomic E-state index is 13.7. The van der Waals surface area contributed by atoms with E-state index in [1.54, 1.807) is 30.0 Å². The zero-order chi connectivity index (χ0) is 23.4. The molecule has 1 atom stereocenters. The molecule has 170 valence electrons. The van der Waals surface area contributed by atoms with Gasteiger partial charge in [0, 0.05) is 37.8 Å². The lowest BCUT2D eigenvalue weighted by Gasteiger charge is -2.24. The number of likely N-dealkylation sites (N-methyl/N-ethyl adjacent to an activating group) is 1. The van der Waals surface area contributed by atoms with Gasteiger partial charge in [-0.3, -0.25) is 9.59 Å². The number of carbonyl (C=O) groups excluding carboxylic acids is 2. The number of benzene rings is 3. The Morgan fingerprint density at radius 3 is 2.48 bits per heavy atom. The highest BCUT2D eigenvalue weighted by atomic mass is 19.1. The van der Waals surface area contributed by atoms with Crippen molar-refractivity contribution >= 4 is 11.8 Å². The van der Waals surface area contributed by atoms with Gasteiger partial charge in [-0.2, -0.15) is 0 Å². The van der Waals surface area contributed by atoms with Gasteiger partial charge in [-0.05, 0) is 41.8 Å². The van der Waals surface area contributed by atoms with Crippen molar-refractivity contribution in [1.29, 1.82) is 0 Å². The van der Waals surface area contributed by atoms with Crippen LogP contribution in [0.5, 0.6) is 5.75 Å². The molecular weight excluding hydrogens is 419 g/mol. The Bertz CT molecular complexity index is 1160. The fourth-order valence-corrected chi connectivity index (χ4v) is 4.36. The lowest BCUT2D eigenvalue weighted by atomic mass is 9.91. The normalized spacial score (nSPS) is 16.5. The van der Waals surface area contributed by atoms with Crippen molar-refractivity contribution in [3.8, 4) is 16.9 Å². The van der Waals surface area contributed by atoms with E-state index in [2.05, 4.69) is 0 Å². The monoisotopic (exact) mass is 446 g/mol. The summed E-state index contributed by atoms with van der Waals surface area (Å²) >= 11 is 0. The van der Waals surface area contributed by atoms with Gasteiger partial charge < -0.3 is 14.5 Å². The summed E-state index contributed by atoms with van der Waals surface area (Å²) in [5, 5.41) is 0. The first-order chi connectivity index (χ1) is 16.0. The highest BCUT2D eigenvalue weighted by molar-refractivity contribution is 5.95. The maximum absolute atomic E-state index is 13.7. The first-order valence-corrected chi connectivity index (χ1v) is 11.0. The van der Waals surface area contributed by atoms with E-state index in [4.69, 9.17) is 4.74 Å². The second-order valence-corrected chi connectivity index (χ2v) is 8.28. The molecule has 0 saturated carbocycles. The molecule has 1 heterocycles. The molecule has 3 aromatic carbocycles. The number of para-hydroxylation sites is 1. The van der Waals surface area contributed by atoms with Crippen LogP contribution in [0.15, 0.2) is 72.8 Å². The van der Waals surface area contributed by atoms with E-state index in [0.29, 0.717) is 25.1 Å². The summed E-state index contributed by atoms with van der Waals surface area (Å²) < 4.78 is 19.2. The van der Waals surface area contributed by atoms with E-state index in [1.807, 2.05) is 48.5 Å². The molecule has 2 amide bonds. The van der Waals surface area contributed by atoms with Crippen molar-refractivity contribution in [2.24, 2.45) is 5.92 Å². The minimum atomic E-state index is -0.453. The second kappa shape index (κ2) is 9.86. The molecule has 0 bridgehead atoms. The Labute approximate surface area is 193 Å². The fraction of sp³-hybridized carbons (Fsp3) is 0.259. The highest BCUT2D eigenvalue weighted by Gasteiger charge is 2.32. The first-order valence-electron chi connectivity index (χ1n) is 11.0. The van der Waals surface area contributed by atoms with E-state index in [-0.39, 0.29) is 18.4 Å². The predicted molar refractivity (Wildman–Crippen MR) is 126 cm³/mol. The highest BCUT2D eigenvalue weighted by Crippen LogP contribution is 2.33. The molecule has 1 saturated heterocycles. The van der Waals surface area contributed by atoms with Crippen LogP contribution in [-0.4, -0.2) is 55.4 Å². The summed E-state index contributed by atoms with van der Waals surface area (Å²) in [7, 11) is 3.40. The number of methoxy groups -OCH3 is 1. The SMILES string of the molecule is COc1ccccc1-c1ccccc1CC1CN(C(=O)c2cccc(F)c2)CCN(C)C1=O. The molecule has 0 aliphatic carbocycles. The molecule has 0 N–H and O–H groups in total.